The van der Waals surface area contributed by atoms with Gasteiger partial charge in [0.25, 0.3) is 0 Å². The molecule has 310 valence electrons. The van der Waals surface area contributed by atoms with Crippen LogP contribution in [0.5, 0.6) is 0 Å². The molecule has 2 aliphatic heterocycles. The number of ether oxygens (including phenoxy) is 8. The van der Waals surface area contributed by atoms with Crippen LogP contribution in [-0.4, -0.2) is 95.9 Å². The van der Waals surface area contributed by atoms with E-state index in [-0.39, 0.29) is 38.6 Å². The van der Waals surface area contributed by atoms with Gasteiger partial charge in [-0.1, -0.05) is 140 Å². The van der Waals surface area contributed by atoms with Gasteiger partial charge in [0.2, 0.25) is 0 Å². The van der Waals surface area contributed by atoms with Crippen LogP contribution in [0.2, 0.25) is 0 Å². The van der Waals surface area contributed by atoms with Crippen molar-refractivity contribution in [3.05, 3.63) is 179 Å². The monoisotopic (exact) mass is 806 g/mol. The van der Waals surface area contributed by atoms with Gasteiger partial charge in [0.15, 0.2) is 18.7 Å². The molecule has 2 aliphatic rings. The molecule has 2 heterocycles. The third-order valence-electron chi connectivity index (χ3n) is 10.2. The van der Waals surface area contributed by atoms with E-state index in [2.05, 4.69) is 0 Å². The van der Waals surface area contributed by atoms with E-state index in [1.54, 1.807) is 30.3 Å². The molecule has 12 heteroatoms. The van der Waals surface area contributed by atoms with Crippen molar-refractivity contribution in [1.29, 1.82) is 0 Å². The maximum absolute atomic E-state index is 14.0. The van der Waals surface area contributed by atoms with E-state index in [0.717, 1.165) is 22.3 Å². The standard InChI is InChI=1S/C47H50O12/c48-26-37-39(49)41(54-29-34-20-10-3-11-21-34)43(46(51)56-37)59-47-44(58-45(50)36-24-14-5-15-25-36)42(55-30-35-22-12-4-13-23-35)40(53-28-33-18-8-2-9-19-33)38(57-47)31-52-27-32-16-6-1-7-17-32/h1-25,37-44,46-49,51H,26-31H2/t37-,38-,39+,40-,41+,42+,43-,44-,46-,47+/m1/s1. The zero-order valence-corrected chi connectivity index (χ0v) is 32.5. The molecule has 0 aromatic heterocycles. The summed E-state index contributed by atoms with van der Waals surface area (Å²) in [5, 5.41) is 33.0. The number of esters is 1. The molecule has 0 amide bonds. The molecule has 7 rings (SSSR count). The summed E-state index contributed by atoms with van der Waals surface area (Å²) in [5.41, 5.74) is 3.76. The Balaban J connectivity index is 1.25. The Morgan fingerprint density at radius 2 is 0.966 bits per heavy atom. The Labute approximate surface area is 343 Å². The number of benzene rings is 5. The van der Waals surface area contributed by atoms with E-state index in [1.165, 1.54) is 0 Å². The number of hydrogen-bond donors (Lipinski definition) is 3. The van der Waals surface area contributed by atoms with Crippen molar-refractivity contribution in [2.75, 3.05) is 13.2 Å². The second-order valence-electron chi connectivity index (χ2n) is 14.4. The van der Waals surface area contributed by atoms with Gasteiger partial charge >= 0.3 is 5.97 Å². The second kappa shape index (κ2) is 21.4. The lowest BCUT2D eigenvalue weighted by Gasteiger charge is -2.48. The summed E-state index contributed by atoms with van der Waals surface area (Å²) < 4.78 is 51.2. The van der Waals surface area contributed by atoms with Crippen LogP contribution >= 0.6 is 0 Å². The number of carbonyl (C=O) groups is 1. The molecular formula is C47H50O12. The van der Waals surface area contributed by atoms with Crippen molar-refractivity contribution in [2.45, 2.75) is 87.8 Å². The Kier molecular flexibility index (Phi) is 15.4. The number of hydrogen-bond acceptors (Lipinski definition) is 12. The first kappa shape index (κ1) is 42.3. The van der Waals surface area contributed by atoms with Gasteiger partial charge in [0.05, 0.1) is 45.2 Å². The lowest BCUT2D eigenvalue weighted by Crippen LogP contribution is -2.66. The number of aliphatic hydroxyl groups is 3. The van der Waals surface area contributed by atoms with Gasteiger partial charge in [0.1, 0.15) is 42.7 Å². The average Bonchev–Trinajstić information content (AvgIpc) is 3.28. The third kappa shape index (κ3) is 11.5. The van der Waals surface area contributed by atoms with E-state index >= 15 is 0 Å². The Bertz CT molecular complexity index is 1960. The topological polar surface area (TPSA) is 152 Å². The van der Waals surface area contributed by atoms with E-state index in [4.69, 9.17) is 37.9 Å². The predicted molar refractivity (Wildman–Crippen MR) is 214 cm³/mol. The van der Waals surface area contributed by atoms with E-state index in [0.29, 0.717) is 0 Å². The minimum absolute atomic E-state index is 0.00558. The zero-order chi connectivity index (χ0) is 40.8. The minimum atomic E-state index is -1.70. The minimum Gasteiger partial charge on any atom is -0.450 e. The van der Waals surface area contributed by atoms with Crippen molar-refractivity contribution in [3.63, 3.8) is 0 Å². The molecule has 2 saturated heterocycles. The fraction of sp³-hybridized carbons (Fsp3) is 0.340. The molecule has 2 fully saturated rings. The van der Waals surface area contributed by atoms with Crippen LogP contribution in [0.3, 0.4) is 0 Å². The molecule has 5 aromatic rings. The lowest BCUT2D eigenvalue weighted by molar-refractivity contribution is -0.371. The summed E-state index contributed by atoms with van der Waals surface area (Å²) >= 11 is 0. The van der Waals surface area contributed by atoms with Crippen LogP contribution < -0.4 is 0 Å². The molecule has 12 nitrogen and oxygen atoms in total. The van der Waals surface area contributed by atoms with Gasteiger partial charge in [-0.2, -0.15) is 0 Å². The first-order valence-electron chi connectivity index (χ1n) is 19.7. The highest BCUT2D eigenvalue weighted by atomic mass is 16.8. The third-order valence-corrected chi connectivity index (χ3v) is 10.2. The smallest absolute Gasteiger partial charge is 0.338 e. The molecule has 10 atom stereocenters. The number of aliphatic hydroxyl groups excluding tert-OH is 3. The van der Waals surface area contributed by atoms with Crippen molar-refractivity contribution in [2.24, 2.45) is 0 Å². The van der Waals surface area contributed by atoms with Gasteiger partial charge in [-0.3, -0.25) is 0 Å². The molecule has 3 N–H and O–H groups in total. The largest absolute Gasteiger partial charge is 0.450 e. The molecule has 5 aromatic carbocycles. The van der Waals surface area contributed by atoms with Crippen LogP contribution in [0.25, 0.3) is 0 Å². The van der Waals surface area contributed by atoms with Crippen molar-refractivity contribution >= 4 is 5.97 Å². The SMILES string of the molecule is O=C(O[C@H]1[C@H](O[C@@H]2[C@@H](OCc3ccccc3)[C@@H](O)[C@@H](CO)O[C@H]2O)O[C@H](COCc2ccccc2)[C@@H](OCc2ccccc2)[C@@H]1OCc1ccccc1)c1ccccc1. The molecule has 0 spiro atoms. The summed E-state index contributed by atoms with van der Waals surface area (Å²) in [7, 11) is 0. The lowest BCUT2D eigenvalue weighted by atomic mass is 9.96. The molecule has 0 saturated carbocycles. The quantitative estimate of drug-likeness (QED) is 0.0978. The van der Waals surface area contributed by atoms with Crippen LogP contribution in [0.4, 0.5) is 0 Å². The Hall–Kier alpha value is -4.83. The highest BCUT2D eigenvalue weighted by Gasteiger charge is 2.54. The molecule has 0 unspecified atom stereocenters. The fourth-order valence-electron chi connectivity index (χ4n) is 7.12. The van der Waals surface area contributed by atoms with Crippen molar-refractivity contribution in [3.8, 4) is 0 Å². The molecular weight excluding hydrogens is 757 g/mol. The fourth-order valence-corrected chi connectivity index (χ4v) is 7.12. The van der Waals surface area contributed by atoms with Crippen molar-refractivity contribution in [1.82, 2.24) is 0 Å². The van der Waals surface area contributed by atoms with Gasteiger partial charge in [-0.05, 0) is 34.4 Å². The maximum Gasteiger partial charge on any atom is 0.338 e. The number of rotatable bonds is 18. The van der Waals surface area contributed by atoms with Crippen LogP contribution in [-0.2, 0) is 64.3 Å². The maximum atomic E-state index is 14.0. The predicted octanol–water partition coefficient (Wildman–Crippen LogP) is 5.37. The summed E-state index contributed by atoms with van der Waals surface area (Å²) in [4.78, 5) is 14.0. The van der Waals surface area contributed by atoms with Gasteiger partial charge in [0, 0.05) is 0 Å². The first-order valence-corrected chi connectivity index (χ1v) is 19.7. The van der Waals surface area contributed by atoms with Gasteiger partial charge < -0.3 is 53.2 Å². The molecule has 0 aliphatic carbocycles. The molecule has 0 radical (unpaired) electrons. The van der Waals surface area contributed by atoms with E-state index < -0.39 is 74.0 Å². The normalized spacial score (nSPS) is 26.9. The summed E-state index contributed by atoms with van der Waals surface area (Å²) in [6, 6.07) is 46.6. The summed E-state index contributed by atoms with van der Waals surface area (Å²) in [6.07, 6.45) is -12.5. The molecule has 59 heavy (non-hydrogen) atoms. The zero-order valence-electron chi connectivity index (χ0n) is 32.5. The van der Waals surface area contributed by atoms with Crippen LogP contribution in [0.15, 0.2) is 152 Å². The summed E-state index contributed by atoms with van der Waals surface area (Å²) in [5.74, 6) is -0.681. The van der Waals surface area contributed by atoms with Crippen molar-refractivity contribution < 1.29 is 58.0 Å². The second-order valence-corrected chi connectivity index (χ2v) is 14.4. The first-order chi connectivity index (χ1) is 29.0. The van der Waals surface area contributed by atoms with E-state index in [9.17, 15) is 20.1 Å². The van der Waals surface area contributed by atoms with E-state index in [1.807, 2.05) is 121 Å². The average molecular weight is 807 g/mol. The highest BCUT2D eigenvalue weighted by molar-refractivity contribution is 5.89. The van der Waals surface area contributed by atoms with Gasteiger partial charge in [-0.25, -0.2) is 4.79 Å². The number of carbonyl (C=O) groups excluding carboxylic acids is 1. The van der Waals surface area contributed by atoms with Crippen LogP contribution in [0, 0.1) is 0 Å². The molecule has 0 bridgehead atoms. The summed E-state index contributed by atoms with van der Waals surface area (Å²) in [6.45, 7) is -0.0112. The van der Waals surface area contributed by atoms with Gasteiger partial charge in [-0.15, -0.1) is 0 Å². The van der Waals surface area contributed by atoms with Crippen LogP contribution in [0.1, 0.15) is 32.6 Å². The Morgan fingerprint density at radius 1 is 0.508 bits per heavy atom. The highest BCUT2D eigenvalue weighted by Crippen LogP contribution is 2.35. The Morgan fingerprint density at radius 3 is 1.47 bits per heavy atom.